The molecule has 146 valence electrons. The number of rotatable bonds is 7. The molecule has 0 radical (unpaired) electrons. The molecule has 0 amide bonds. The molecule has 0 aliphatic carbocycles. The van der Waals surface area contributed by atoms with Crippen LogP contribution in [0, 0.1) is 10.1 Å². The number of ketones is 2. The lowest BCUT2D eigenvalue weighted by Crippen LogP contribution is -2.16. The summed E-state index contributed by atoms with van der Waals surface area (Å²) in [5, 5.41) is 11.2. The minimum atomic E-state index is -4.82. The summed E-state index contributed by atoms with van der Waals surface area (Å²) in [6.45, 7) is 1.69. The van der Waals surface area contributed by atoms with Gasteiger partial charge in [-0.1, -0.05) is 30.3 Å². The standard InChI is InChI=1S/C19H14F3NO5/c1-2-28-11-15(17(24)12-6-4-3-5-7-12)18(25)14-9-8-13(19(20,21)22)10-16(14)23(26)27/h3-11H,2H2,1H3/b15-11-. The summed E-state index contributed by atoms with van der Waals surface area (Å²) in [4.78, 5) is 35.6. The fraction of sp³-hybridized carbons (Fsp3) is 0.158. The number of nitrogens with zero attached hydrogens (tertiary/aromatic N) is 1. The number of halogens is 3. The molecule has 0 aliphatic heterocycles. The van der Waals surface area contributed by atoms with Crippen molar-refractivity contribution in [1.29, 1.82) is 0 Å². The van der Waals surface area contributed by atoms with Gasteiger partial charge in [-0.15, -0.1) is 0 Å². The summed E-state index contributed by atoms with van der Waals surface area (Å²) in [6, 6.07) is 9.09. The highest BCUT2D eigenvalue weighted by Gasteiger charge is 2.35. The van der Waals surface area contributed by atoms with Crippen LogP contribution in [0.3, 0.4) is 0 Å². The van der Waals surface area contributed by atoms with Gasteiger partial charge in [0.1, 0.15) is 11.1 Å². The topological polar surface area (TPSA) is 86.5 Å². The summed E-state index contributed by atoms with van der Waals surface area (Å²) in [5.74, 6) is -1.88. The number of alkyl halides is 3. The van der Waals surface area contributed by atoms with E-state index < -0.39 is 45.1 Å². The van der Waals surface area contributed by atoms with Crippen molar-refractivity contribution in [2.45, 2.75) is 13.1 Å². The zero-order valence-electron chi connectivity index (χ0n) is 14.5. The van der Waals surface area contributed by atoms with Crippen molar-refractivity contribution in [2.75, 3.05) is 6.61 Å². The fourth-order valence-electron chi connectivity index (χ4n) is 2.32. The second-order valence-corrected chi connectivity index (χ2v) is 5.50. The molecule has 0 N–H and O–H groups in total. The van der Waals surface area contributed by atoms with Gasteiger partial charge in [0.05, 0.1) is 23.4 Å². The summed E-state index contributed by atoms with van der Waals surface area (Å²) in [5.41, 5.74) is -3.39. The van der Waals surface area contributed by atoms with Gasteiger partial charge in [-0.3, -0.25) is 19.7 Å². The van der Waals surface area contributed by atoms with Gasteiger partial charge >= 0.3 is 6.18 Å². The van der Waals surface area contributed by atoms with Crippen LogP contribution in [-0.2, 0) is 10.9 Å². The number of nitro benzene ring substituents is 1. The number of hydrogen-bond acceptors (Lipinski definition) is 5. The Hall–Kier alpha value is -3.49. The van der Waals surface area contributed by atoms with Crippen LogP contribution in [0.2, 0.25) is 0 Å². The normalized spacial score (nSPS) is 11.8. The lowest BCUT2D eigenvalue weighted by atomic mass is 9.95. The molecule has 28 heavy (non-hydrogen) atoms. The number of ether oxygens (including phenoxy) is 1. The van der Waals surface area contributed by atoms with Gasteiger partial charge in [-0.05, 0) is 19.1 Å². The first-order valence-corrected chi connectivity index (χ1v) is 7.98. The molecule has 0 atom stereocenters. The van der Waals surface area contributed by atoms with E-state index in [4.69, 9.17) is 4.74 Å². The number of nitro groups is 1. The molecule has 0 fully saturated rings. The molecule has 6 nitrogen and oxygen atoms in total. The summed E-state index contributed by atoms with van der Waals surface area (Å²) in [6.07, 6.45) is -3.96. The van der Waals surface area contributed by atoms with E-state index in [1.807, 2.05) is 0 Å². The first-order chi connectivity index (χ1) is 13.2. The van der Waals surface area contributed by atoms with E-state index in [0.29, 0.717) is 12.1 Å². The number of hydrogen-bond donors (Lipinski definition) is 0. The highest BCUT2D eigenvalue weighted by atomic mass is 19.4. The van der Waals surface area contributed by atoms with E-state index in [-0.39, 0.29) is 18.2 Å². The molecule has 2 rings (SSSR count). The van der Waals surface area contributed by atoms with Gasteiger partial charge in [0, 0.05) is 11.6 Å². The van der Waals surface area contributed by atoms with Crippen molar-refractivity contribution in [3.63, 3.8) is 0 Å². The Morgan fingerprint density at radius 1 is 1.11 bits per heavy atom. The maximum absolute atomic E-state index is 12.8. The molecule has 0 unspecified atom stereocenters. The molecule has 0 saturated carbocycles. The van der Waals surface area contributed by atoms with Crippen molar-refractivity contribution in [2.24, 2.45) is 0 Å². The molecule has 0 spiro atoms. The predicted octanol–water partition coefficient (Wildman–Crippen LogP) is 4.60. The molecule has 2 aromatic rings. The zero-order chi connectivity index (χ0) is 20.9. The molecule has 0 aromatic heterocycles. The average Bonchev–Trinajstić information content (AvgIpc) is 2.67. The Bertz CT molecular complexity index is 936. The lowest BCUT2D eigenvalue weighted by molar-refractivity contribution is -0.385. The van der Waals surface area contributed by atoms with Crippen molar-refractivity contribution in [3.05, 3.63) is 87.2 Å². The van der Waals surface area contributed by atoms with E-state index in [0.717, 1.165) is 6.26 Å². The second kappa shape index (κ2) is 8.47. The molecular weight excluding hydrogens is 379 g/mol. The Balaban J connectivity index is 2.56. The summed E-state index contributed by atoms with van der Waals surface area (Å²) < 4.78 is 43.5. The first kappa shape index (κ1) is 20.8. The minimum absolute atomic E-state index is 0.105. The molecule has 9 heteroatoms. The van der Waals surface area contributed by atoms with Gasteiger partial charge in [-0.25, -0.2) is 0 Å². The van der Waals surface area contributed by atoms with Crippen molar-refractivity contribution >= 4 is 17.3 Å². The third-order valence-corrected chi connectivity index (χ3v) is 3.66. The van der Waals surface area contributed by atoms with Crippen molar-refractivity contribution < 1.29 is 32.4 Å². The minimum Gasteiger partial charge on any atom is -0.501 e. The first-order valence-electron chi connectivity index (χ1n) is 7.98. The van der Waals surface area contributed by atoms with Crippen molar-refractivity contribution in [1.82, 2.24) is 0 Å². The number of benzene rings is 2. The van der Waals surface area contributed by atoms with E-state index in [1.165, 1.54) is 12.1 Å². The lowest BCUT2D eigenvalue weighted by Gasteiger charge is -2.10. The Labute approximate surface area is 157 Å². The van der Waals surface area contributed by atoms with E-state index in [9.17, 15) is 32.9 Å². The van der Waals surface area contributed by atoms with Crippen molar-refractivity contribution in [3.8, 4) is 0 Å². The monoisotopic (exact) mass is 393 g/mol. The van der Waals surface area contributed by atoms with Crippen LogP contribution < -0.4 is 0 Å². The van der Waals surface area contributed by atoms with Crippen LogP contribution in [0.15, 0.2) is 60.4 Å². The van der Waals surface area contributed by atoms with Crippen LogP contribution in [0.5, 0.6) is 0 Å². The van der Waals surface area contributed by atoms with E-state index in [1.54, 1.807) is 25.1 Å². The number of Topliss-reactive ketones (excluding diaryl/α,β-unsaturated/α-hetero) is 2. The Kier molecular flexibility index (Phi) is 6.29. The highest BCUT2D eigenvalue weighted by molar-refractivity contribution is 6.31. The van der Waals surface area contributed by atoms with E-state index in [2.05, 4.69) is 0 Å². The third kappa shape index (κ3) is 4.61. The molecular formula is C19H14F3NO5. The SMILES string of the molecule is CCO/C=C(/C(=O)c1ccccc1)C(=O)c1ccc(C(F)(F)F)cc1[N+](=O)[O-]. The smallest absolute Gasteiger partial charge is 0.416 e. The van der Waals surface area contributed by atoms with E-state index >= 15 is 0 Å². The Morgan fingerprint density at radius 2 is 1.75 bits per heavy atom. The maximum atomic E-state index is 12.8. The van der Waals surface area contributed by atoms with Crippen LogP contribution >= 0.6 is 0 Å². The van der Waals surface area contributed by atoms with Crippen LogP contribution in [0.25, 0.3) is 0 Å². The second-order valence-electron chi connectivity index (χ2n) is 5.50. The molecule has 0 aliphatic rings. The van der Waals surface area contributed by atoms with Crippen LogP contribution in [0.4, 0.5) is 18.9 Å². The molecule has 2 aromatic carbocycles. The number of carbonyl (C=O) groups is 2. The summed E-state index contributed by atoms with van der Waals surface area (Å²) in [7, 11) is 0. The Morgan fingerprint density at radius 3 is 2.29 bits per heavy atom. The van der Waals surface area contributed by atoms with Gasteiger partial charge in [0.25, 0.3) is 5.69 Å². The maximum Gasteiger partial charge on any atom is 0.416 e. The van der Waals surface area contributed by atoms with Gasteiger partial charge in [-0.2, -0.15) is 13.2 Å². The zero-order valence-corrected chi connectivity index (χ0v) is 14.5. The highest BCUT2D eigenvalue weighted by Crippen LogP contribution is 2.34. The van der Waals surface area contributed by atoms with Gasteiger partial charge in [0.15, 0.2) is 5.78 Å². The largest absolute Gasteiger partial charge is 0.501 e. The molecule has 0 heterocycles. The average molecular weight is 393 g/mol. The fourth-order valence-corrected chi connectivity index (χ4v) is 2.32. The quantitative estimate of drug-likeness (QED) is 0.131. The van der Waals surface area contributed by atoms with Crippen LogP contribution in [-0.4, -0.2) is 23.1 Å². The number of carbonyl (C=O) groups excluding carboxylic acids is 2. The number of allylic oxidation sites excluding steroid dienone is 1. The molecule has 0 saturated heterocycles. The predicted molar refractivity (Wildman–Crippen MR) is 92.9 cm³/mol. The van der Waals surface area contributed by atoms with Crippen LogP contribution in [0.1, 0.15) is 33.2 Å². The van der Waals surface area contributed by atoms with Gasteiger partial charge < -0.3 is 4.74 Å². The summed E-state index contributed by atoms with van der Waals surface area (Å²) >= 11 is 0. The molecule has 0 bridgehead atoms. The third-order valence-electron chi connectivity index (χ3n) is 3.66. The van der Waals surface area contributed by atoms with Gasteiger partial charge in [0.2, 0.25) is 5.78 Å².